The Morgan fingerprint density at radius 1 is 1.10 bits per heavy atom. The molecule has 0 aliphatic carbocycles. The Hall–Kier alpha value is -1.81. The maximum atomic E-state index is 12.6. The van der Waals surface area contributed by atoms with Gasteiger partial charge in [-0.2, -0.15) is 4.31 Å². The fourth-order valence-electron chi connectivity index (χ4n) is 3.03. The molecule has 1 saturated heterocycles. The second-order valence-electron chi connectivity index (χ2n) is 6.71. The second kappa shape index (κ2) is 10.5. The number of halogens is 2. The zero-order chi connectivity index (χ0) is 21.6. The van der Waals surface area contributed by atoms with E-state index in [0.717, 1.165) is 4.47 Å². The molecule has 1 aliphatic rings. The number of amides is 2. The van der Waals surface area contributed by atoms with E-state index in [1.54, 1.807) is 47.4 Å². The van der Waals surface area contributed by atoms with E-state index < -0.39 is 10.0 Å². The molecule has 2 amide bonds. The van der Waals surface area contributed by atoms with Crippen LogP contribution in [-0.4, -0.2) is 63.0 Å². The number of hydrogen-bond acceptors (Lipinski definition) is 4. The van der Waals surface area contributed by atoms with Gasteiger partial charge in [-0.3, -0.25) is 0 Å². The largest absolute Gasteiger partial charge is 0.492 e. The van der Waals surface area contributed by atoms with Crippen molar-refractivity contribution in [3.63, 3.8) is 0 Å². The van der Waals surface area contributed by atoms with E-state index >= 15 is 0 Å². The van der Waals surface area contributed by atoms with Crippen LogP contribution in [0.15, 0.2) is 57.9 Å². The first-order valence-corrected chi connectivity index (χ1v) is 12.1. The Labute approximate surface area is 190 Å². The summed E-state index contributed by atoms with van der Waals surface area (Å²) in [5.41, 5.74) is 0. The summed E-state index contributed by atoms with van der Waals surface area (Å²) in [6.45, 7) is 2.12. The summed E-state index contributed by atoms with van der Waals surface area (Å²) in [7, 11) is -3.52. The van der Waals surface area contributed by atoms with E-state index in [2.05, 4.69) is 21.2 Å². The lowest BCUT2D eigenvalue weighted by Gasteiger charge is -2.34. The number of sulfonamides is 1. The Kier molecular flexibility index (Phi) is 7.99. The fourth-order valence-corrected chi connectivity index (χ4v) is 5.20. The number of hydrogen-bond donors (Lipinski definition) is 1. The first kappa shape index (κ1) is 22.9. The van der Waals surface area contributed by atoms with E-state index in [-0.39, 0.29) is 24.0 Å². The second-order valence-corrected chi connectivity index (χ2v) is 9.97. The van der Waals surface area contributed by atoms with Crippen LogP contribution in [0.25, 0.3) is 0 Å². The number of ether oxygens (including phenoxy) is 1. The molecule has 7 nitrogen and oxygen atoms in total. The van der Waals surface area contributed by atoms with Gasteiger partial charge in [0, 0.05) is 37.2 Å². The maximum Gasteiger partial charge on any atom is 0.317 e. The number of nitrogens with zero attached hydrogens (tertiary/aromatic N) is 2. The van der Waals surface area contributed by atoms with Crippen molar-refractivity contribution in [3.05, 3.63) is 58.0 Å². The zero-order valence-electron chi connectivity index (χ0n) is 16.3. The van der Waals surface area contributed by atoms with Gasteiger partial charge < -0.3 is 15.0 Å². The summed E-state index contributed by atoms with van der Waals surface area (Å²) in [5, 5.41) is 3.37. The molecule has 0 unspecified atom stereocenters. The Morgan fingerprint density at radius 2 is 1.80 bits per heavy atom. The van der Waals surface area contributed by atoms with Crippen molar-refractivity contribution in [3.8, 4) is 5.75 Å². The van der Waals surface area contributed by atoms with Crippen LogP contribution in [0.3, 0.4) is 0 Å². The van der Waals surface area contributed by atoms with E-state index in [4.69, 9.17) is 16.3 Å². The van der Waals surface area contributed by atoms with Gasteiger partial charge in [0.1, 0.15) is 5.75 Å². The molecule has 0 spiro atoms. The number of urea groups is 1. The van der Waals surface area contributed by atoms with Crippen molar-refractivity contribution < 1.29 is 17.9 Å². The molecule has 0 aromatic heterocycles. The lowest BCUT2D eigenvalue weighted by Crippen LogP contribution is -2.53. The van der Waals surface area contributed by atoms with Gasteiger partial charge in [0.15, 0.2) is 0 Å². The SMILES string of the molecule is O=C(NCCCOc1ccc(Br)cc1Cl)N1CCN(S(=O)(=O)c2ccccc2)CC1. The monoisotopic (exact) mass is 515 g/mol. The van der Waals surface area contributed by atoms with Crippen molar-refractivity contribution in [1.82, 2.24) is 14.5 Å². The molecule has 162 valence electrons. The van der Waals surface area contributed by atoms with Crippen LogP contribution in [0.1, 0.15) is 6.42 Å². The number of rotatable bonds is 7. The highest BCUT2D eigenvalue weighted by atomic mass is 79.9. The summed E-state index contributed by atoms with van der Waals surface area (Å²) >= 11 is 9.44. The summed E-state index contributed by atoms with van der Waals surface area (Å²) in [4.78, 5) is 14.2. The predicted octanol–water partition coefficient (Wildman–Crippen LogP) is 3.59. The average Bonchev–Trinajstić information content (AvgIpc) is 2.75. The molecule has 3 rings (SSSR count). The van der Waals surface area contributed by atoms with Crippen molar-refractivity contribution in [1.29, 1.82) is 0 Å². The van der Waals surface area contributed by atoms with Crippen LogP contribution in [0.5, 0.6) is 5.75 Å². The maximum absolute atomic E-state index is 12.6. The molecule has 0 saturated carbocycles. The minimum absolute atomic E-state index is 0.201. The fraction of sp³-hybridized carbons (Fsp3) is 0.350. The molecule has 30 heavy (non-hydrogen) atoms. The molecule has 1 N–H and O–H groups in total. The smallest absolute Gasteiger partial charge is 0.317 e. The number of benzene rings is 2. The molecular weight excluding hydrogens is 494 g/mol. The van der Waals surface area contributed by atoms with Crippen LogP contribution >= 0.6 is 27.5 Å². The van der Waals surface area contributed by atoms with Crippen molar-refractivity contribution in [2.24, 2.45) is 0 Å². The van der Waals surface area contributed by atoms with Crippen LogP contribution in [-0.2, 0) is 10.0 Å². The number of carbonyl (C=O) groups excluding carboxylic acids is 1. The third-order valence-corrected chi connectivity index (χ3v) is 7.36. The first-order chi connectivity index (χ1) is 14.4. The molecule has 2 aromatic rings. The number of carbonyl (C=O) groups is 1. The normalized spacial score (nSPS) is 15.1. The van der Waals surface area contributed by atoms with Crippen LogP contribution in [0, 0.1) is 0 Å². The molecule has 0 atom stereocenters. The molecule has 0 radical (unpaired) electrons. The van der Waals surface area contributed by atoms with E-state index in [1.807, 2.05) is 6.07 Å². The molecule has 0 bridgehead atoms. The van der Waals surface area contributed by atoms with Gasteiger partial charge in [-0.05, 0) is 36.8 Å². The summed E-state index contributed by atoms with van der Waals surface area (Å²) in [5.74, 6) is 0.599. The van der Waals surface area contributed by atoms with Crippen molar-refractivity contribution >= 4 is 43.6 Å². The van der Waals surface area contributed by atoms with Gasteiger partial charge in [-0.1, -0.05) is 45.7 Å². The third-order valence-electron chi connectivity index (χ3n) is 4.66. The highest BCUT2D eigenvalue weighted by molar-refractivity contribution is 9.10. The molecular formula is C20H23BrClN3O4S. The van der Waals surface area contributed by atoms with Gasteiger partial charge in [0.05, 0.1) is 16.5 Å². The zero-order valence-corrected chi connectivity index (χ0v) is 19.4. The lowest BCUT2D eigenvalue weighted by molar-refractivity contribution is 0.171. The third kappa shape index (κ3) is 5.87. The van der Waals surface area contributed by atoms with Crippen molar-refractivity contribution in [2.75, 3.05) is 39.3 Å². The van der Waals surface area contributed by atoms with Gasteiger partial charge in [-0.25, -0.2) is 13.2 Å². The standard InChI is InChI=1S/C20H23BrClN3O4S/c21-16-7-8-19(18(22)15-16)29-14-4-9-23-20(26)24-10-12-25(13-11-24)30(27,28)17-5-2-1-3-6-17/h1-3,5-8,15H,4,9-14H2,(H,23,26). The molecule has 1 fully saturated rings. The Bertz CT molecular complexity index is 967. The van der Waals surface area contributed by atoms with Crippen LogP contribution < -0.4 is 10.1 Å². The molecule has 2 aromatic carbocycles. The minimum atomic E-state index is -3.52. The van der Waals surface area contributed by atoms with Crippen LogP contribution in [0.2, 0.25) is 5.02 Å². The van der Waals surface area contributed by atoms with Gasteiger partial charge in [0.2, 0.25) is 10.0 Å². The lowest BCUT2D eigenvalue weighted by atomic mass is 10.3. The van der Waals surface area contributed by atoms with Gasteiger partial charge in [-0.15, -0.1) is 0 Å². The van der Waals surface area contributed by atoms with Crippen LogP contribution in [0.4, 0.5) is 4.79 Å². The topological polar surface area (TPSA) is 79.0 Å². The first-order valence-electron chi connectivity index (χ1n) is 9.54. The molecule has 1 aliphatic heterocycles. The Balaban J connectivity index is 1.38. The number of nitrogens with one attached hydrogen (secondary N) is 1. The highest BCUT2D eigenvalue weighted by Crippen LogP contribution is 2.27. The molecule has 10 heteroatoms. The summed E-state index contributed by atoms with van der Waals surface area (Å²) in [6, 6.07) is 13.5. The summed E-state index contributed by atoms with van der Waals surface area (Å²) in [6.07, 6.45) is 0.625. The van der Waals surface area contributed by atoms with E-state index in [9.17, 15) is 13.2 Å². The average molecular weight is 517 g/mol. The number of piperazine rings is 1. The quantitative estimate of drug-likeness (QED) is 0.571. The molecule has 1 heterocycles. The predicted molar refractivity (Wildman–Crippen MR) is 119 cm³/mol. The van der Waals surface area contributed by atoms with Crippen molar-refractivity contribution in [2.45, 2.75) is 11.3 Å². The highest BCUT2D eigenvalue weighted by Gasteiger charge is 2.29. The van der Waals surface area contributed by atoms with Gasteiger partial charge in [0.25, 0.3) is 0 Å². The van der Waals surface area contributed by atoms with E-state index in [1.165, 1.54) is 4.31 Å². The van der Waals surface area contributed by atoms with Gasteiger partial charge >= 0.3 is 6.03 Å². The summed E-state index contributed by atoms with van der Waals surface area (Å²) < 4.78 is 33.2. The Morgan fingerprint density at radius 3 is 2.47 bits per heavy atom. The van der Waals surface area contributed by atoms with E-state index in [0.29, 0.717) is 43.4 Å². The minimum Gasteiger partial charge on any atom is -0.492 e.